The fourth-order valence-corrected chi connectivity index (χ4v) is 1.66. The monoisotopic (exact) mass is 279 g/mol. The van der Waals surface area contributed by atoms with Gasteiger partial charge in [-0.25, -0.2) is 0 Å². The number of hydrogen-bond donors (Lipinski definition) is 1. The normalized spacial score (nSPS) is 9.90. The topological polar surface area (TPSA) is 64.6 Å². The zero-order valence-corrected chi connectivity index (χ0v) is 12.0. The van der Waals surface area contributed by atoms with Crippen molar-refractivity contribution >= 4 is 11.9 Å². The van der Waals surface area contributed by atoms with Crippen molar-refractivity contribution in [1.29, 1.82) is 0 Å². The number of nitrogens with one attached hydrogen (secondary N) is 1. The summed E-state index contributed by atoms with van der Waals surface area (Å²) >= 11 is 0. The number of methoxy groups -OCH3 is 1. The summed E-state index contributed by atoms with van der Waals surface area (Å²) in [7, 11) is 1.59. The first kappa shape index (κ1) is 16.0. The van der Waals surface area contributed by atoms with Crippen LogP contribution in [0.25, 0.3) is 0 Å². The third-order valence-corrected chi connectivity index (χ3v) is 2.72. The van der Waals surface area contributed by atoms with Crippen LogP contribution in [0.2, 0.25) is 0 Å². The molecule has 1 aromatic rings. The Morgan fingerprint density at radius 2 is 1.70 bits per heavy atom. The molecule has 0 aliphatic heterocycles. The zero-order valence-electron chi connectivity index (χ0n) is 12.0. The smallest absolute Gasteiger partial charge is 0.311 e. The molecule has 5 heteroatoms. The third kappa shape index (κ3) is 6.78. The largest absolute Gasteiger partial charge is 0.497 e. The maximum atomic E-state index is 11.6. The molecule has 0 aliphatic rings. The molecule has 0 atom stereocenters. The average Bonchev–Trinajstić information content (AvgIpc) is 2.43. The number of esters is 1. The number of hydrogen-bond acceptors (Lipinski definition) is 4. The summed E-state index contributed by atoms with van der Waals surface area (Å²) in [5.74, 6) is 0.982. The first-order valence-electron chi connectivity index (χ1n) is 6.71. The van der Waals surface area contributed by atoms with E-state index in [4.69, 9.17) is 9.47 Å². The van der Waals surface area contributed by atoms with E-state index in [0.717, 1.165) is 25.0 Å². The maximum Gasteiger partial charge on any atom is 0.311 e. The van der Waals surface area contributed by atoms with E-state index in [1.807, 2.05) is 0 Å². The molecule has 0 fully saturated rings. The molecule has 0 spiro atoms. The molecule has 1 amide bonds. The number of rotatable bonds is 8. The summed E-state index contributed by atoms with van der Waals surface area (Å²) in [5, 5.41) is 2.72. The van der Waals surface area contributed by atoms with Gasteiger partial charge in [0.05, 0.1) is 7.11 Å². The highest BCUT2D eigenvalue weighted by Crippen LogP contribution is 2.17. The SMILES string of the molecule is COc1ccc(OC(=O)CCCCCNC(C)=O)cc1. The number of carbonyl (C=O) groups is 2. The summed E-state index contributed by atoms with van der Waals surface area (Å²) < 4.78 is 10.2. The van der Waals surface area contributed by atoms with Crippen LogP contribution in [0.1, 0.15) is 32.6 Å². The highest BCUT2D eigenvalue weighted by atomic mass is 16.5. The van der Waals surface area contributed by atoms with Crippen LogP contribution in [0, 0.1) is 0 Å². The Kier molecular flexibility index (Phi) is 7.17. The molecule has 0 heterocycles. The molecule has 0 aliphatic carbocycles. The molecule has 20 heavy (non-hydrogen) atoms. The van der Waals surface area contributed by atoms with Crippen molar-refractivity contribution < 1.29 is 19.1 Å². The van der Waals surface area contributed by atoms with E-state index in [9.17, 15) is 9.59 Å². The second-order valence-corrected chi connectivity index (χ2v) is 4.44. The predicted molar refractivity (Wildman–Crippen MR) is 75.8 cm³/mol. The Balaban J connectivity index is 2.15. The van der Waals surface area contributed by atoms with Crippen molar-refractivity contribution in [3.8, 4) is 11.5 Å². The molecule has 1 aromatic carbocycles. The van der Waals surface area contributed by atoms with Gasteiger partial charge in [-0.05, 0) is 37.1 Å². The zero-order chi connectivity index (χ0) is 14.8. The lowest BCUT2D eigenvalue weighted by Gasteiger charge is -2.05. The number of ether oxygens (including phenoxy) is 2. The van der Waals surface area contributed by atoms with Gasteiger partial charge < -0.3 is 14.8 Å². The van der Waals surface area contributed by atoms with Crippen molar-refractivity contribution in [1.82, 2.24) is 5.32 Å². The molecule has 0 saturated carbocycles. The standard InChI is InChI=1S/C15H21NO4/c1-12(17)16-11-5-3-4-6-15(18)20-14-9-7-13(19-2)8-10-14/h7-10H,3-6,11H2,1-2H3,(H,16,17). The van der Waals surface area contributed by atoms with E-state index >= 15 is 0 Å². The second kappa shape index (κ2) is 8.96. The Morgan fingerprint density at radius 1 is 1.05 bits per heavy atom. The van der Waals surface area contributed by atoms with Gasteiger partial charge in [0.2, 0.25) is 5.91 Å². The maximum absolute atomic E-state index is 11.6. The summed E-state index contributed by atoms with van der Waals surface area (Å²) in [6.07, 6.45) is 2.90. The second-order valence-electron chi connectivity index (χ2n) is 4.44. The van der Waals surface area contributed by atoms with Crippen LogP contribution >= 0.6 is 0 Å². The van der Waals surface area contributed by atoms with E-state index in [1.54, 1.807) is 31.4 Å². The number of unbranched alkanes of at least 4 members (excludes halogenated alkanes) is 2. The van der Waals surface area contributed by atoms with Crippen molar-refractivity contribution in [2.45, 2.75) is 32.6 Å². The molecule has 1 N–H and O–H groups in total. The lowest BCUT2D eigenvalue weighted by atomic mass is 10.2. The first-order valence-corrected chi connectivity index (χ1v) is 6.71. The Labute approximate surface area is 119 Å². The van der Waals surface area contributed by atoms with Crippen LogP contribution in [-0.2, 0) is 9.59 Å². The third-order valence-electron chi connectivity index (χ3n) is 2.72. The van der Waals surface area contributed by atoms with Crippen LogP contribution in [0.15, 0.2) is 24.3 Å². The Bertz CT molecular complexity index is 428. The van der Waals surface area contributed by atoms with Gasteiger partial charge in [0.1, 0.15) is 11.5 Å². The molecule has 0 bridgehead atoms. The van der Waals surface area contributed by atoms with Crippen LogP contribution in [-0.4, -0.2) is 25.5 Å². The fourth-order valence-electron chi connectivity index (χ4n) is 1.66. The highest BCUT2D eigenvalue weighted by molar-refractivity contribution is 5.73. The molecule has 0 unspecified atom stereocenters. The lowest BCUT2D eigenvalue weighted by molar-refractivity contribution is -0.134. The van der Waals surface area contributed by atoms with E-state index in [0.29, 0.717) is 18.7 Å². The molecular formula is C15H21NO4. The summed E-state index contributed by atoms with van der Waals surface area (Å²) in [5.41, 5.74) is 0. The number of amides is 1. The molecule has 1 rings (SSSR count). The molecule has 110 valence electrons. The summed E-state index contributed by atoms with van der Waals surface area (Å²) in [6.45, 7) is 2.15. The predicted octanol–water partition coefficient (Wildman–Crippen LogP) is 2.30. The van der Waals surface area contributed by atoms with Crippen LogP contribution in [0.4, 0.5) is 0 Å². The highest BCUT2D eigenvalue weighted by Gasteiger charge is 2.04. The Morgan fingerprint density at radius 3 is 2.30 bits per heavy atom. The van der Waals surface area contributed by atoms with Gasteiger partial charge in [-0.1, -0.05) is 6.42 Å². The number of benzene rings is 1. The van der Waals surface area contributed by atoms with Crippen LogP contribution < -0.4 is 14.8 Å². The average molecular weight is 279 g/mol. The van der Waals surface area contributed by atoms with Crippen molar-refractivity contribution in [2.75, 3.05) is 13.7 Å². The van der Waals surface area contributed by atoms with Gasteiger partial charge >= 0.3 is 5.97 Å². The van der Waals surface area contributed by atoms with Crippen molar-refractivity contribution in [2.24, 2.45) is 0 Å². The van der Waals surface area contributed by atoms with E-state index < -0.39 is 0 Å². The Hall–Kier alpha value is -2.04. The van der Waals surface area contributed by atoms with Gasteiger partial charge in [-0.2, -0.15) is 0 Å². The molecule has 0 radical (unpaired) electrons. The lowest BCUT2D eigenvalue weighted by Crippen LogP contribution is -2.20. The minimum Gasteiger partial charge on any atom is -0.497 e. The number of carbonyl (C=O) groups excluding carboxylic acids is 2. The van der Waals surface area contributed by atoms with E-state index in [1.165, 1.54) is 6.92 Å². The van der Waals surface area contributed by atoms with Gasteiger partial charge in [-0.3, -0.25) is 9.59 Å². The fraction of sp³-hybridized carbons (Fsp3) is 0.467. The van der Waals surface area contributed by atoms with Gasteiger partial charge in [-0.15, -0.1) is 0 Å². The molecule has 0 aromatic heterocycles. The van der Waals surface area contributed by atoms with Gasteiger partial charge in [0.15, 0.2) is 0 Å². The molecule has 0 saturated heterocycles. The van der Waals surface area contributed by atoms with Gasteiger partial charge in [0.25, 0.3) is 0 Å². The van der Waals surface area contributed by atoms with E-state index in [2.05, 4.69) is 5.32 Å². The van der Waals surface area contributed by atoms with E-state index in [-0.39, 0.29) is 11.9 Å². The van der Waals surface area contributed by atoms with Gasteiger partial charge in [0, 0.05) is 19.9 Å². The molecular weight excluding hydrogens is 258 g/mol. The van der Waals surface area contributed by atoms with Crippen molar-refractivity contribution in [3.63, 3.8) is 0 Å². The van der Waals surface area contributed by atoms with Crippen LogP contribution in [0.5, 0.6) is 11.5 Å². The summed E-state index contributed by atoms with van der Waals surface area (Å²) in [4.78, 5) is 22.2. The summed E-state index contributed by atoms with van der Waals surface area (Å²) in [6, 6.07) is 6.90. The first-order chi connectivity index (χ1) is 9.61. The minimum atomic E-state index is -0.241. The molecule has 5 nitrogen and oxygen atoms in total. The van der Waals surface area contributed by atoms with Crippen molar-refractivity contribution in [3.05, 3.63) is 24.3 Å². The quantitative estimate of drug-likeness (QED) is 0.450. The van der Waals surface area contributed by atoms with Crippen LogP contribution in [0.3, 0.4) is 0 Å². The minimum absolute atomic E-state index is 0.0242.